The van der Waals surface area contributed by atoms with Gasteiger partial charge in [0.15, 0.2) is 0 Å². The number of phenols is 1. The molecule has 2 rings (SSSR count). The molecule has 0 aliphatic carbocycles. The number of ether oxygens (including phenoxy) is 1. The number of hydrogen-bond donors (Lipinski definition) is 1. The first-order chi connectivity index (χ1) is 10.1. The van der Waals surface area contributed by atoms with E-state index in [2.05, 4.69) is 16.6 Å². The minimum absolute atomic E-state index is 0.0404. The van der Waals surface area contributed by atoms with Crippen molar-refractivity contribution in [3.05, 3.63) is 46.3 Å². The molecule has 1 aromatic carbocycles. The van der Waals surface area contributed by atoms with E-state index in [0.29, 0.717) is 16.7 Å². The SMILES string of the molecule is C=CCOc1c(C=NOC)c(=O)oc2c(C)c(O)ccc12. The van der Waals surface area contributed by atoms with Gasteiger partial charge in [0.25, 0.3) is 0 Å². The minimum atomic E-state index is -0.629. The molecule has 1 aromatic heterocycles. The Morgan fingerprint density at radius 1 is 1.48 bits per heavy atom. The van der Waals surface area contributed by atoms with Crippen LogP contribution in [-0.2, 0) is 4.84 Å². The monoisotopic (exact) mass is 289 g/mol. The summed E-state index contributed by atoms with van der Waals surface area (Å²) in [6, 6.07) is 3.12. The lowest BCUT2D eigenvalue weighted by Gasteiger charge is -2.11. The van der Waals surface area contributed by atoms with Gasteiger partial charge in [0.05, 0.1) is 11.6 Å². The van der Waals surface area contributed by atoms with Gasteiger partial charge in [-0.3, -0.25) is 0 Å². The number of oxime groups is 1. The van der Waals surface area contributed by atoms with Gasteiger partial charge in [-0.2, -0.15) is 0 Å². The van der Waals surface area contributed by atoms with Crippen LogP contribution in [0.3, 0.4) is 0 Å². The normalized spacial score (nSPS) is 11.0. The fourth-order valence-electron chi connectivity index (χ4n) is 1.89. The molecule has 0 saturated heterocycles. The summed E-state index contributed by atoms with van der Waals surface area (Å²) in [5.74, 6) is 0.351. The standard InChI is InChI=1S/C15H15NO5/c1-4-7-20-14-10-5-6-12(17)9(2)13(10)21-15(18)11(14)8-16-19-3/h4-6,8,17H,1,7H2,2-3H3. The lowest BCUT2D eigenvalue weighted by atomic mass is 10.1. The van der Waals surface area contributed by atoms with Crippen molar-refractivity contribution >= 4 is 17.2 Å². The second-order valence-corrected chi connectivity index (χ2v) is 4.24. The smallest absolute Gasteiger partial charge is 0.349 e. The Kier molecular flexibility index (Phi) is 4.27. The van der Waals surface area contributed by atoms with Crippen LogP contribution in [0, 0.1) is 6.92 Å². The van der Waals surface area contributed by atoms with Gasteiger partial charge in [-0.25, -0.2) is 4.79 Å². The first-order valence-electron chi connectivity index (χ1n) is 6.19. The Morgan fingerprint density at radius 2 is 2.24 bits per heavy atom. The molecule has 0 aliphatic heterocycles. The van der Waals surface area contributed by atoms with Gasteiger partial charge in [0.2, 0.25) is 0 Å². The number of aromatic hydroxyl groups is 1. The molecule has 0 atom stereocenters. The third-order valence-electron chi connectivity index (χ3n) is 2.91. The molecule has 2 aromatic rings. The van der Waals surface area contributed by atoms with Crippen LogP contribution in [-0.4, -0.2) is 25.0 Å². The predicted octanol–water partition coefficient (Wildman–Crippen LogP) is 2.35. The molecule has 6 heteroatoms. The van der Waals surface area contributed by atoms with Gasteiger partial charge >= 0.3 is 5.63 Å². The van der Waals surface area contributed by atoms with Gasteiger partial charge in [-0.15, -0.1) is 0 Å². The van der Waals surface area contributed by atoms with E-state index in [4.69, 9.17) is 9.15 Å². The molecule has 21 heavy (non-hydrogen) atoms. The molecular formula is C15H15NO5. The van der Waals surface area contributed by atoms with Crippen molar-refractivity contribution in [2.45, 2.75) is 6.92 Å². The second kappa shape index (κ2) is 6.13. The molecular weight excluding hydrogens is 274 g/mol. The van der Waals surface area contributed by atoms with Crippen LogP contribution >= 0.6 is 0 Å². The van der Waals surface area contributed by atoms with Crippen LogP contribution in [0.25, 0.3) is 11.0 Å². The van der Waals surface area contributed by atoms with Gasteiger partial charge < -0.3 is 19.1 Å². The summed E-state index contributed by atoms with van der Waals surface area (Å²) in [4.78, 5) is 16.7. The summed E-state index contributed by atoms with van der Waals surface area (Å²) in [5.41, 5.74) is 0.240. The lowest BCUT2D eigenvalue weighted by molar-refractivity contribution is 0.215. The molecule has 6 nitrogen and oxygen atoms in total. The van der Waals surface area contributed by atoms with Crippen LogP contribution < -0.4 is 10.4 Å². The third-order valence-corrected chi connectivity index (χ3v) is 2.91. The number of benzene rings is 1. The first kappa shape index (κ1) is 14.6. The maximum atomic E-state index is 12.1. The van der Waals surface area contributed by atoms with E-state index in [9.17, 15) is 9.90 Å². The molecule has 0 spiro atoms. The van der Waals surface area contributed by atoms with Crippen LogP contribution in [0.1, 0.15) is 11.1 Å². The highest BCUT2D eigenvalue weighted by Gasteiger charge is 2.17. The van der Waals surface area contributed by atoms with E-state index >= 15 is 0 Å². The van der Waals surface area contributed by atoms with Crippen molar-refractivity contribution < 1.29 is 19.1 Å². The zero-order chi connectivity index (χ0) is 15.4. The van der Waals surface area contributed by atoms with E-state index in [-0.39, 0.29) is 23.5 Å². The average Bonchev–Trinajstić information content (AvgIpc) is 2.48. The van der Waals surface area contributed by atoms with Gasteiger partial charge in [0.1, 0.15) is 36.4 Å². The molecule has 0 aliphatic rings. The molecule has 0 radical (unpaired) electrons. The summed E-state index contributed by atoms with van der Waals surface area (Å²) in [5, 5.41) is 13.9. The largest absolute Gasteiger partial charge is 0.508 e. The van der Waals surface area contributed by atoms with Crippen molar-refractivity contribution in [3.8, 4) is 11.5 Å². The lowest BCUT2D eigenvalue weighted by Crippen LogP contribution is -2.11. The fourth-order valence-corrected chi connectivity index (χ4v) is 1.89. The third kappa shape index (κ3) is 2.74. The topological polar surface area (TPSA) is 81.3 Å². The van der Waals surface area contributed by atoms with Crippen molar-refractivity contribution in [1.29, 1.82) is 0 Å². The van der Waals surface area contributed by atoms with E-state index < -0.39 is 5.63 Å². The Hall–Kier alpha value is -2.76. The number of aryl methyl sites for hydroxylation is 1. The van der Waals surface area contributed by atoms with E-state index in [1.165, 1.54) is 19.4 Å². The second-order valence-electron chi connectivity index (χ2n) is 4.24. The van der Waals surface area contributed by atoms with Crippen LogP contribution in [0.4, 0.5) is 0 Å². The van der Waals surface area contributed by atoms with Crippen LogP contribution in [0.5, 0.6) is 11.5 Å². The maximum Gasteiger partial charge on any atom is 0.349 e. The first-order valence-corrected chi connectivity index (χ1v) is 6.19. The highest BCUT2D eigenvalue weighted by atomic mass is 16.6. The maximum absolute atomic E-state index is 12.1. The van der Waals surface area contributed by atoms with Crippen molar-refractivity contribution in [2.24, 2.45) is 5.16 Å². The van der Waals surface area contributed by atoms with Crippen LogP contribution in [0.2, 0.25) is 0 Å². The predicted molar refractivity (Wildman–Crippen MR) is 79.2 cm³/mol. The van der Waals surface area contributed by atoms with Gasteiger partial charge in [0, 0.05) is 5.56 Å². The molecule has 110 valence electrons. The summed E-state index contributed by atoms with van der Waals surface area (Å²) in [6.45, 7) is 5.45. The fraction of sp³-hybridized carbons (Fsp3) is 0.200. The number of nitrogens with zero attached hydrogens (tertiary/aromatic N) is 1. The molecule has 0 amide bonds. The quantitative estimate of drug-likeness (QED) is 0.395. The Bertz CT molecular complexity index is 761. The highest BCUT2D eigenvalue weighted by Crippen LogP contribution is 2.32. The Morgan fingerprint density at radius 3 is 2.90 bits per heavy atom. The van der Waals surface area contributed by atoms with E-state index in [1.54, 1.807) is 19.1 Å². The summed E-state index contributed by atoms with van der Waals surface area (Å²) < 4.78 is 10.8. The number of phenolic OH excluding ortho intramolecular Hbond substituents is 1. The van der Waals surface area contributed by atoms with Crippen molar-refractivity contribution in [3.63, 3.8) is 0 Å². The molecule has 0 bridgehead atoms. The van der Waals surface area contributed by atoms with E-state index in [1.807, 2.05) is 0 Å². The van der Waals surface area contributed by atoms with E-state index in [0.717, 1.165) is 0 Å². The molecule has 0 saturated carbocycles. The van der Waals surface area contributed by atoms with Crippen molar-refractivity contribution in [1.82, 2.24) is 0 Å². The molecule has 0 unspecified atom stereocenters. The van der Waals surface area contributed by atoms with Gasteiger partial charge in [-0.1, -0.05) is 17.8 Å². The summed E-state index contributed by atoms with van der Waals surface area (Å²) >= 11 is 0. The summed E-state index contributed by atoms with van der Waals surface area (Å²) in [6.07, 6.45) is 2.79. The number of fused-ring (bicyclic) bond motifs is 1. The minimum Gasteiger partial charge on any atom is -0.508 e. The zero-order valence-electron chi connectivity index (χ0n) is 11.8. The summed E-state index contributed by atoms with van der Waals surface area (Å²) in [7, 11) is 1.37. The Labute approximate surface area is 120 Å². The number of hydrogen-bond acceptors (Lipinski definition) is 6. The molecule has 1 N–H and O–H groups in total. The molecule has 1 heterocycles. The van der Waals surface area contributed by atoms with Gasteiger partial charge in [-0.05, 0) is 19.1 Å². The van der Waals surface area contributed by atoms with Crippen molar-refractivity contribution in [2.75, 3.05) is 13.7 Å². The Balaban J connectivity index is 2.80. The average molecular weight is 289 g/mol. The molecule has 0 fully saturated rings. The number of rotatable bonds is 5. The highest BCUT2D eigenvalue weighted by molar-refractivity contribution is 5.95. The van der Waals surface area contributed by atoms with Crippen LogP contribution in [0.15, 0.2) is 39.2 Å². The zero-order valence-corrected chi connectivity index (χ0v) is 11.8.